The molecule has 0 aliphatic rings. The van der Waals surface area contributed by atoms with Gasteiger partial charge in [-0.15, -0.1) is 0 Å². The number of hydrogen-bond acceptors (Lipinski definition) is 5. The molecule has 0 radical (unpaired) electrons. The molecule has 1 N–H and O–H groups in total. The van der Waals surface area contributed by atoms with Crippen molar-refractivity contribution < 1.29 is 24.4 Å². The van der Waals surface area contributed by atoms with Crippen LogP contribution in [0.4, 0.5) is 11.4 Å². The third-order valence-electron chi connectivity index (χ3n) is 2.60. The van der Waals surface area contributed by atoms with E-state index in [0.717, 1.165) is 0 Å². The van der Waals surface area contributed by atoms with Gasteiger partial charge in [0.05, 0.1) is 24.1 Å². The van der Waals surface area contributed by atoms with Gasteiger partial charge in [0, 0.05) is 19.5 Å². The van der Waals surface area contributed by atoms with Crippen LogP contribution in [-0.4, -0.2) is 35.6 Å². The lowest BCUT2D eigenvalue weighted by molar-refractivity contribution is -0.385. The molecule has 0 saturated carbocycles. The Labute approximate surface area is 114 Å². The van der Waals surface area contributed by atoms with Crippen molar-refractivity contribution in [1.82, 2.24) is 0 Å². The van der Waals surface area contributed by atoms with E-state index in [-0.39, 0.29) is 30.1 Å². The van der Waals surface area contributed by atoms with E-state index in [1.165, 1.54) is 37.1 Å². The Morgan fingerprint density at radius 1 is 1.45 bits per heavy atom. The molecule has 8 nitrogen and oxygen atoms in total. The van der Waals surface area contributed by atoms with E-state index in [1.807, 2.05) is 0 Å². The monoisotopic (exact) mass is 282 g/mol. The van der Waals surface area contributed by atoms with Crippen LogP contribution in [0.2, 0.25) is 0 Å². The van der Waals surface area contributed by atoms with Crippen molar-refractivity contribution in [1.29, 1.82) is 0 Å². The van der Waals surface area contributed by atoms with E-state index in [0.29, 0.717) is 0 Å². The van der Waals surface area contributed by atoms with Crippen molar-refractivity contribution in [3.05, 3.63) is 28.3 Å². The molecule has 0 unspecified atom stereocenters. The number of carboxylic acids is 1. The largest absolute Gasteiger partial charge is 0.490 e. The average molecular weight is 282 g/mol. The Hall–Kier alpha value is -2.64. The average Bonchev–Trinajstić information content (AvgIpc) is 2.37. The van der Waals surface area contributed by atoms with E-state index in [2.05, 4.69) is 0 Å². The molecule has 0 spiro atoms. The smallest absolute Gasteiger partial charge is 0.312 e. The number of nitro groups is 1. The van der Waals surface area contributed by atoms with Gasteiger partial charge >= 0.3 is 11.7 Å². The third-order valence-corrected chi connectivity index (χ3v) is 2.60. The van der Waals surface area contributed by atoms with Gasteiger partial charge in [0.1, 0.15) is 0 Å². The lowest BCUT2D eigenvalue weighted by atomic mass is 10.2. The number of carbonyl (C=O) groups is 2. The normalized spacial score (nSPS) is 9.90. The maximum atomic E-state index is 11.5. The molecule has 0 atom stereocenters. The molecule has 0 bridgehead atoms. The van der Waals surface area contributed by atoms with Crippen molar-refractivity contribution in [3.8, 4) is 5.75 Å². The van der Waals surface area contributed by atoms with E-state index in [4.69, 9.17) is 9.84 Å². The van der Waals surface area contributed by atoms with Gasteiger partial charge in [-0.05, 0) is 12.1 Å². The van der Waals surface area contributed by atoms with Gasteiger partial charge in [0.15, 0.2) is 5.75 Å². The Morgan fingerprint density at radius 2 is 2.10 bits per heavy atom. The number of hydrogen-bond donors (Lipinski definition) is 1. The number of carboxylic acid groups (broad SMARTS) is 1. The zero-order valence-corrected chi connectivity index (χ0v) is 11.0. The molecule has 0 aliphatic heterocycles. The number of aliphatic carboxylic acids is 1. The maximum Gasteiger partial charge on any atom is 0.312 e. The standard InChI is InChI=1S/C12H14N2O6/c1-8(15)13(6-5-12(16)17)9-3-4-11(20-2)10(7-9)14(18)19/h3-4,7H,5-6H2,1-2H3,(H,16,17). The second-order valence-corrected chi connectivity index (χ2v) is 3.93. The predicted octanol–water partition coefficient (Wildman–Crippen LogP) is 1.43. The number of methoxy groups -OCH3 is 1. The molecule has 1 amide bonds. The van der Waals surface area contributed by atoms with Crippen LogP contribution >= 0.6 is 0 Å². The van der Waals surface area contributed by atoms with E-state index < -0.39 is 16.8 Å². The van der Waals surface area contributed by atoms with Gasteiger partial charge < -0.3 is 14.7 Å². The summed E-state index contributed by atoms with van der Waals surface area (Å²) in [7, 11) is 1.30. The number of nitro benzene ring substituents is 1. The minimum atomic E-state index is -1.06. The van der Waals surface area contributed by atoms with Crippen LogP contribution in [0.3, 0.4) is 0 Å². The number of nitrogens with zero attached hydrogens (tertiary/aromatic N) is 2. The number of ether oxygens (including phenoxy) is 1. The van der Waals surface area contributed by atoms with Crippen molar-refractivity contribution >= 4 is 23.3 Å². The SMILES string of the molecule is COc1ccc(N(CCC(=O)O)C(C)=O)cc1[N+](=O)[O-]. The number of amides is 1. The van der Waals surface area contributed by atoms with Crippen LogP contribution in [0.1, 0.15) is 13.3 Å². The van der Waals surface area contributed by atoms with Crippen molar-refractivity contribution in [2.75, 3.05) is 18.6 Å². The highest BCUT2D eigenvalue weighted by Crippen LogP contribution is 2.31. The van der Waals surface area contributed by atoms with Gasteiger partial charge in [0.25, 0.3) is 0 Å². The van der Waals surface area contributed by atoms with E-state index in [9.17, 15) is 19.7 Å². The molecule has 8 heteroatoms. The zero-order chi connectivity index (χ0) is 15.3. The Bertz CT molecular complexity index is 543. The molecule has 0 fully saturated rings. The molecule has 1 aromatic rings. The van der Waals surface area contributed by atoms with Crippen LogP contribution in [0, 0.1) is 10.1 Å². The molecule has 20 heavy (non-hydrogen) atoms. The molecule has 108 valence electrons. The summed E-state index contributed by atoms with van der Waals surface area (Å²) in [5, 5.41) is 19.6. The maximum absolute atomic E-state index is 11.5. The van der Waals surface area contributed by atoms with Crippen LogP contribution in [-0.2, 0) is 9.59 Å². The third kappa shape index (κ3) is 3.67. The quantitative estimate of drug-likeness (QED) is 0.624. The number of rotatable bonds is 6. The van der Waals surface area contributed by atoms with Gasteiger partial charge in [-0.25, -0.2) is 0 Å². The summed E-state index contributed by atoms with van der Waals surface area (Å²) in [4.78, 5) is 33.6. The minimum Gasteiger partial charge on any atom is -0.490 e. The van der Waals surface area contributed by atoms with Gasteiger partial charge in [-0.2, -0.15) is 0 Å². The number of anilines is 1. The van der Waals surface area contributed by atoms with Crippen LogP contribution < -0.4 is 9.64 Å². The molecule has 1 aromatic carbocycles. The fraction of sp³-hybridized carbons (Fsp3) is 0.333. The van der Waals surface area contributed by atoms with Crippen LogP contribution in [0.15, 0.2) is 18.2 Å². The summed E-state index contributed by atoms with van der Waals surface area (Å²) in [5.74, 6) is -1.38. The second-order valence-electron chi connectivity index (χ2n) is 3.93. The summed E-state index contributed by atoms with van der Waals surface area (Å²) in [6.07, 6.45) is -0.251. The first-order valence-electron chi connectivity index (χ1n) is 5.69. The first-order valence-corrected chi connectivity index (χ1v) is 5.69. The summed E-state index contributed by atoms with van der Waals surface area (Å²) in [6.45, 7) is 1.20. The first-order chi connectivity index (χ1) is 9.36. The number of benzene rings is 1. The predicted molar refractivity (Wildman–Crippen MR) is 69.9 cm³/mol. The topological polar surface area (TPSA) is 110 Å². The fourth-order valence-corrected chi connectivity index (χ4v) is 1.66. The number of carbonyl (C=O) groups excluding carboxylic acids is 1. The van der Waals surface area contributed by atoms with Crippen molar-refractivity contribution in [3.63, 3.8) is 0 Å². The first kappa shape index (κ1) is 15.4. The highest BCUT2D eigenvalue weighted by Gasteiger charge is 2.20. The van der Waals surface area contributed by atoms with Crippen LogP contribution in [0.5, 0.6) is 5.75 Å². The highest BCUT2D eigenvalue weighted by molar-refractivity contribution is 5.92. The molecule has 1 rings (SSSR count). The lowest BCUT2D eigenvalue weighted by Gasteiger charge is -2.20. The van der Waals surface area contributed by atoms with Crippen molar-refractivity contribution in [2.45, 2.75) is 13.3 Å². The summed E-state index contributed by atoms with van der Waals surface area (Å²) in [6, 6.07) is 4.02. The molecular weight excluding hydrogens is 268 g/mol. The molecule has 0 saturated heterocycles. The van der Waals surface area contributed by atoms with Crippen molar-refractivity contribution in [2.24, 2.45) is 0 Å². The zero-order valence-electron chi connectivity index (χ0n) is 11.0. The van der Waals surface area contributed by atoms with Crippen LogP contribution in [0.25, 0.3) is 0 Å². The molecule has 0 heterocycles. The molecule has 0 aliphatic carbocycles. The van der Waals surface area contributed by atoms with E-state index >= 15 is 0 Å². The minimum absolute atomic E-state index is 0.0614. The molecule has 0 aromatic heterocycles. The Kier molecular flexibility index (Phi) is 5.01. The lowest BCUT2D eigenvalue weighted by Crippen LogP contribution is -2.30. The van der Waals surface area contributed by atoms with E-state index in [1.54, 1.807) is 0 Å². The van der Waals surface area contributed by atoms with Gasteiger partial charge in [-0.3, -0.25) is 19.7 Å². The summed E-state index contributed by atoms with van der Waals surface area (Å²) in [5.41, 5.74) is -0.0298. The molecular formula is C12H14N2O6. The van der Waals surface area contributed by atoms with Gasteiger partial charge in [-0.1, -0.05) is 0 Å². The second kappa shape index (κ2) is 6.50. The summed E-state index contributed by atoms with van der Waals surface area (Å²) < 4.78 is 4.86. The Morgan fingerprint density at radius 3 is 2.55 bits per heavy atom. The van der Waals surface area contributed by atoms with Gasteiger partial charge in [0.2, 0.25) is 5.91 Å². The Balaban J connectivity index is 3.14. The summed E-state index contributed by atoms with van der Waals surface area (Å²) >= 11 is 0. The highest BCUT2D eigenvalue weighted by atomic mass is 16.6. The fourth-order valence-electron chi connectivity index (χ4n) is 1.66.